The van der Waals surface area contributed by atoms with Crippen molar-refractivity contribution in [3.63, 3.8) is 0 Å². The highest BCUT2D eigenvalue weighted by Crippen LogP contribution is 2.27. The molecule has 3 heteroatoms. The first-order valence-electron chi connectivity index (χ1n) is 6.04. The van der Waals surface area contributed by atoms with Crippen LogP contribution in [0.2, 0.25) is 0 Å². The maximum absolute atomic E-state index is 9.69. The molecule has 90 valence electrons. The Balaban J connectivity index is 2.23. The van der Waals surface area contributed by atoms with Gasteiger partial charge in [-0.2, -0.15) is 0 Å². The molecule has 1 unspecified atom stereocenters. The van der Waals surface area contributed by atoms with E-state index in [2.05, 4.69) is 18.7 Å². The maximum Gasteiger partial charge on any atom is 0.0900 e. The van der Waals surface area contributed by atoms with Crippen LogP contribution in [0.1, 0.15) is 33.1 Å². The third-order valence-electron chi connectivity index (χ3n) is 2.86. The van der Waals surface area contributed by atoms with Crippen molar-refractivity contribution in [3.8, 4) is 0 Å². The van der Waals surface area contributed by atoms with Gasteiger partial charge in [-0.15, -0.1) is 0 Å². The summed E-state index contributed by atoms with van der Waals surface area (Å²) in [5, 5.41) is 9.69. The molecule has 0 aromatic carbocycles. The molecule has 0 bridgehead atoms. The van der Waals surface area contributed by atoms with E-state index in [1.54, 1.807) is 7.11 Å². The molecule has 1 atom stereocenters. The van der Waals surface area contributed by atoms with E-state index in [1.807, 2.05) is 0 Å². The lowest BCUT2D eigenvalue weighted by atomic mass is 10.1. The Labute approximate surface area is 93.4 Å². The number of methoxy groups -OCH3 is 1. The lowest BCUT2D eigenvalue weighted by molar-refractivity contribution is 0.0346. The highest BCUT2D eigenvalue weighted by atomic mass is 16.5. The third-order valence-corrected chi connectivity index (χ3v) is 2.86. The minimum absolute atomic E-state index is 0.331. The largest absolute Gasteiger partial charge is 0.389 e. The zero-order valence-corrected chi connectivity index (χ0v) is 10.3. The number of hydrogen-bond acceptors (Lipinski definition) is 3. The normalized spacial score (nSPS) is 18.8. The maximum atomic E-state index is 9.69. The minimum atomic E-state index is -0.331. The Bertz CT molecular complexity index is 169. The second kappa shape index (κ2) is 6.46. The van der Waals surface area contributed by atoms with Crippen LogP contribution in [-0.2, 0) is 4.74 Å². The summed E-state index contributed by atoms with van der Waals surface area (Å²) in [5.41, 5.74) is 0. The average Bonchev–Trinajstić information content (AvgIpc) is 2.95. The first-order chi connectivity index (χ1) is 7.13. The van der Waals surface area contributed by atoms with E-state index in [0.29, 0.717) is 6.61 Å². The second-order valence-electron chi connectivity index (χ2n) is 5.02. The molecule has 0 aliphatic heterocycles. The molecule has 1 saturated carbocycles. The molecule has 0 amide bonds. The molecule has 3 nitrogen and oxygen atoms in total. The van der Waals surface area contributed by atoms with E-state index in [4.69, 9.17) is 4.74 Å². The van der Waals surface area contributed by atoms with Crippen molar-refractivity contribution in [3.05, 3.63) is 0 Å². The second-order valence-corrected chi connectivity index (χ2v) is 5.02. The monoisotopic (exact) mass is 215 g/mol. The molecule has 1 aliphatic rings. The van der Waals surface area contributed by atoms with Gasteiger partial charge >= 0.3 is 0 Å². The molecule has 0 aromatic rings. The van der Waals surface area contributed by atoms with Gasteiger partial charge in [-0.3, -0.25) is 4.90 Å². The van der Waals surface area contributed by atoms with Crippen molar-refractivity contribution in [2.45, 2.75) is 45.3 Å². The third kappa shape index (κ3) is 5.50. The van der Waals surface area contributed by atoms with Gasteiger partial charge in [-0.1, -0.05) is 13.8 Å². The Hall–Kier alpha value is -0.120. The quantitative estimate of drug-likeness (QED) is 0.666. The van der Waals surface area contributed by atoms with Crippen molar-refractivity contribution < 1.29 is 9.84 Å². The van der Waals surface area contributed by atoms with Crippen LogP contribution in [0.5, 0.6) is 0 Å². The van der Waals surface area contributed by atoms with Crippen LogP contribution < -0.4 is 0 Å². The van der Waals surface area contributed by atoms with Crippen molar-refractivity contribution in [1.29, 1.82) is 0 Å². The van der Waals surface area contributed by atoms with Crippen molar-refractivity contribution in [1.82, 2.24) is 4.90 Å². The summed E-state index contributed by atoms with van der Waals surface area (Å²) in [6.45, 7) is 6.83. The highest BCUT2D eigenvalue weighted by molar-refractivity contribution is 4.85. The fourth-order valence-electron chi connectivity index (χ4n) is 1.80. The minimum Gasteiger partial charge on any atom is -0.389 e. The van der Waals surface area contributed by atoms with E-state index < -0.39 is 0 Å². The van der Waals surface area contributed by atoms with E-state index in [9.17, 15) is 5.11 Å². The fraction of sp³-hybridized carbons (Fsp3) is 1.00. The van der Waals surface area contributed by atoms with Crippen LogP contribution in [0.25, 0.3) is 0 Å². The molecule has 0 aromatic heterocycles. The molecule has 0 spiro atoms. The summed E-state index contributed by atoms with van der Waals surface area (Å²) in [7, 11) is 1.64. The van der Waals surface area contributed by atoms with Gasteiger partial charge in [-0.05, 0) is 31.7 Å². The molecule has 1 fully saturated rings. The molecular weight excluding hydrogens is 190 g/mol. The van der Waals surface area contributed by atoms with Crippen LogP contribution >= 0.6 is 0 Å². The fourth-order valence-corrected chi connectivity index (χ4v) is 1.80. The zero-order chi connectivity index (χ0) is 11.3. The molecule has 0 saturated heterocycles. The number of aliphatic hydroxyl groups is 1. The zero-order valence-electron chi connectivity index (χ0n) is 10.3. The van der Waals surface area contributed by atoms with Crippen LogP contribution in [0.15, 0.2) is 0 Å². The first kappa shape index (κ1) is 12.9. The Morgan fingerprint density at radius 1 is 1.40 bits per heavy atom. The van der Waals surface area contributed by atoms with Crippen molar-refractivity contribution in [2.24, 2.45) is 5.92 Å². The summed E-state index contributed by atoms with van der Waals surface area (Å²) in [6.07, 6.45) is 3.49. The molecular formula is C12H25NO2. The Kier molecular flexibility index (Phi) is 5.58. The highest BCUT2D eigenvalue weighted by Gasteiger charge is 2.29. The smallest absolute Gasteiger partial charge is 0.0900 e. The number of hydrogen-bond donors (Lipinski definition) is 1. The van der Waals surface area contributed by atoms with Gasteiger partial charge in [0.2, 0.25) is 0 Å². The van der Waals surface area contributed by atoms with E-state index in [1.165, 1.54) is 19.3 Å². The van der Waals surface area contributed by atoms with Crippen LogP contribution in [0, 0.1) is 5.92 Å². The van der Waals surface area contributed by atoms with Gasteiger partial charge in [0.05, 0.1) is 12.7 Å². The first-order valence-corrected chi connectivity index (χ1v) is 6.04. The lowest BCUT2D eigenvalue weighted by Gasteiger charge is -2.25. The summed E-state index contributed by atoms with van der Waals surface area (Å²) in [6, 6.07) is 0.732. The number of ether oxygens (including phenoxy) is 1. The number of aliphatic hydroxyl groups excluding tert-OH is 1. The van der Waals surface area contributed by atoms with E-state index in [0.717, 1.165) is 25.0 Å². The summed E-state index contributed by atoms with van der Waals surface area (Å²) < 4.78 is 4.95. The van der Waals surface area contributed by atoms with Gasteiger partial charge in [-0.25, -0.2) is 0 Å². The van der Waals surface area contributed by atoms with E-state index in [-0.39, 0.29) is 6.10 Å². The summed E-state index contributed by atoms with van der Waals surface area (Å²) in [4.78, 5) is 2.42. The van der Waals surface area contributed by atoms with Crippen molar-refractivity contribution >= 4 is 0 Å². The molecule has 1 N–H and O–H groups in total. The lowest BCUT2D eigenvalue weighted by Crippen LogP contribution is -2.37. The van der Waals surface area contributed by atoms with Gasteiger partial charge in [0.1, 0.15) is 0 Å². The molecule has 1 aliphatic carbocycles. The Morgan fingerprint density at radius 2 is 2.07 bits per heavy atom. The number of rotatable bonds is 8. The van der Waals surface area contributed by atoms with Gasteiger partial charge in [0, 0.05) is 19.7 Å². The molecule has 1 rings (SSSR count). The van der Waals surface area contributed by atoms with Crippen LogP contribution in [0.3, 0.4) is 0 Å². The standard InChI is InChI=1S/C12H25NO2/c1-10(2)6-7-13(11-4-5-11)8-12(14)9-15-3/h10-12,14H,4-9H2,1-3H3. The van der Waals surface area contributed by atoms with Crippen LogP contribution in [-0.4, -0.2) is 49.0 Å². The Morgan fingerprint density at radius 3 is 2.53 bits per heavy atom. The predicted octanol–water partition coefficient (Wildman–Crippen LogP) is 1.50. The van der Waals surface area contributed by atoms with Gasteiger partial charge in [0.25, 0.3) is 0 Å². The van der Waals surface area contributed by atoms with Gasteiger partial charge < -0.3 is 9.84 Å². The topological polar surface area (TPSA) is 32.7 Å². The summed E-state index contributed by atoms with van der Waals surface area (Å²) >= 11 is 0. The molecule has 0 heterocycles. The average molecular weight is 215 g/mol. The van der Waals surface area contributed by atoms with Crippen LogP contribution in [0.4, 0.5) is 0 Å². The molecule has 15 heavy (non-hydrogen) atoms. The summed E-state index contributed by atoms with van der Waals surface area (Å²) in [5.74, 6) is 0.741. The number of nitrogens with zero attached hydrogens (tertiary/aromatic N) is 1. The van der Waals surface area contributed by atoms with E-state index >= 15 is 0 Å². The predicted molar refractivity (Wildman–Crippen MR) is 61.9 cm³/mol. The molecule has 0 radical (unpaired) electrons. The van der Waals surface area contributed by atoms with Gasteiger partial charge in [0.15, 0.2) is 0 Å². The SMILES string of the molecule is COCC(O)CN(CCC(C)C)C1CC1. The van der Waals surface area contributed by atoms with Crippen molar-refractivity contribution in [2.75, 3.05) is 26.8 Å².